The number of amides is 1. The fourth-order valence-corrected chi connectivity index (χ4v) is 2.89. The highest BCUT2D eigenvalue weighted by Gasteiger charge is 2.26. The van der Waals surface area contributed by atoms with Gasteiger partial charge in [-0.05, 0) is 37.1 Å². The maximum atomic E-state index is 12.9. The highest BCUT2D eigenvalue weighted by atomic mass is 35.5. The van der Waals surface area contributed by atoms with E-state index in [1.54, 1.807) is 18.3 Å². The maximum absolute atomic E-state index is 12.9. The first-order valence-corrected chi connectivity index (χ1v) is 7.78. The average molecular weight is 335 g/mol. The Labute approximate surface area is 138 Å². The molecule has 1 aromatic carbocycles. The second kappa shape index (κ2) is 6.91. The molecule has 120 valence electrons. The van der Waals surface area contributed by atoms with Crippen LogP contribution in [0.2, 0.25) is 5.02 Å². The van der Waals surface area contributed by atoms with Gasteiger partial charge in [0.1, 0.15) is 17.2 Å². The molecule has 0 saturated carbocycles. The van der Waals surface area contributed by atoms with Crippen molar-refractivity contribution in [3.63, 3.8) is 0 Å². The summed E-state index contributed by atoms with van der Waals surface area (Å²) < 4.78 is 12.9. The summed E-state index contributed by atoms with van der Waals surface area (Å²) in [5, 5.41) is 3.34. The minimum atomic E-state index is -0.321. The lowest BCUT2D eigenvalue weighted by atomic mass is 9.96. The highest BCUT2D eigenvalue weighted by molar-refractivity contribution is 6.32. The minimum Gasteiger partial charge on any atom is -0.355 e. The number of piperidine rings is 1. The minimum absolute atomic E-state index is 0.0370. The maximum Gasteiger partial charge on any atom is 0.227 e. The van der Waals surface area contributed by atoms with E-state index >= 15 is 0 Å². The van der Waals surface area contributed by atoms with Crippen LogP contribution >= 0.6 is 11.6 Å². The first-order chi connectivity index (χ1) is 11.1. The lowest BCUT2D eigenvalue weighted by Gasteiger charge is -2.32. The quantitative estimate of drug-likeness (QED) is 0.937. The van der Waals surface area contributed by atoms with E-state index in [2.05, 4.69) is 20.2 Å². The third kappa shape index (κ3) is 3.76. The molecule has 1 aliphatic rings. The van der Waals surface area contributed by atoms with Gasteiger partial charge in [-0.25, -0.2) is 14.4 Å². The zero-order chi connectivity index (χ0) is 16.2. The average Bonchev–Trinajstić information content (AvgIpc) is 2.57. The van der Waals surface area contributed by atoms with E-state index in [-0.39, 0.29) is 17.6 Å². The fourth-order valence-electron chi connectivity index (χ4n) is 2.67. The van der Waals surface area contributed by atoms with Crippen LogP contribution in [0.25, 0.3) is 0 Å². The predicted molar refractivity (Wildman–Crippen MR) is 87.0 cm³/mol. The predicted octanol–water partition coefficient (Wildman–Crippen LogP) is 3.12. The number of anilines is 2. The Morgan fingerprint density at radius 2 is 1.96 bits per heavy atom. The summed E-state index contributed by atoms with van der Waals surface area (Å²) in [5.41, 5.74) is 0.609. The van der Waals surface area contributed by atoms with Gasteiger partial charge in [-0.15, -0.1) is 0 Å². The third-order valence-electron chi connectivity index (χ3n) is 3.93. The van der Waals surface area contributed by atoms with E-state index in [9.17, 15) is 9.18 Å². The molecule has 1 amide bonds. The molecule has 1 fully saturated rings. The molecule has 0 aliphatic carbocycles. The number of carbonyl (C=O) groups is 1. The van der Waals surface area contributed by atoms with Crippen molar-refractivity contribution < 1.29 is 9.18 Å². The number of aromatic nitrogens is 2. The van der Waals surface area contributed by atoms with E-state index in [4.69, 9.17) is 11.6 Å². The van der Waals surface area contributed by atoms with Gasteiger partial charge in [-0.2, -0.15) is 0 Å². The number of hydrogen-bond donors (Lipinski definition) is 1. The molecule has 2 heterocycles. The Morgan fingerprint density at radius 1 is 1.26 bits per heavy atom. The van der Waals surface area contributed by atoms with Gasteiger partial charge in [0.15, 0.2) is 5.82 Å². The highest BCUT2D eigenvalue weighted by Crippen LogP contribution is 2.27. The summed E-state index contributed by atoms with van der Waals surface area (Å²) >= 11 is 6.10. The Kier molecular flexibility index (Phi) is 4.71. The number of nitrogens with one attached hydrogen (secondary N) is 1. The standard InChI is InChI=1S/C16H16ClFN4O/c17-14-9-19-10-20-15(14)22-7-5-11(6-8-22)16(23)21-13-3-1-12(18)2-4-13/h1-4,9-11H,5-8H2,(H,21,23). The lowest BCUT2D eigenvalue weighted by Crippen LogP contribution is -2.38. The molecule has 1 N–H and O–H groups in total. The van der Waals surface area contributed by atoms with Gasteiger partial charge < -0.3 is 10.2 Å². The number of rotatable bonds is 3. The number of nitrogens with zero attached hydrogens (tertiary/aromatic N) is 3. The summed E-state index contributed by atoms with van der Waals surface area (Å²) in [4.78, 5) is 22.4. The van der Waals surface area contributed by atoms with Gasteiger partial charge >= 0.3 is 0 Å². The molecule has 0 atom stereocenters. The van der Waals surface area contributed by atoms with Crippen LogP contribution in [0.1, 0.15) is 12.8 Å². The Hall–Kier alpha value is -2.21. The molecular weight excluding hydrogens is 319 g/mol. The summed E-state index contributed by atoms with van der Waals surface area (Å²) in [5.74, 6) is 0.277. The summed E-state index contributed by atoms with van der Waals surface area (Å²) in [6.45, 7) is 1.41. The zero-order valence-corrected chi connectivity index (χ0v) is 13.1. The molecule has 0 unspecified atom stereocenters. The third-order valence-corrected chi connectivity index (χ3v) is 4.19. The van der Waals surface area contributed by atoms with E-state index in [1.807, 2.05) is 0 Å². The number of benzene rings is 1. The van der Waals surface area contributed by atoms with Crippen molar-refractivity contribution >= 4 is 29.0 Å². The van der Waals surface area contributed by atoms with Crippen molar-refractivity contribution in [1.29, 1.82) is 0 Å². The van der Waals surface area contributed by atoms with Gasteiger partial charge in [0.05, 0.1) is 6.20 Å². The summed E-state index contributed by atoms with van der Waals surface area (Å²) in [6.07, 6.45) is 4.46. The van der Waals surface area contributed by atoms with E-state index in [1.165, 1.54) is 18.5 Å². The molecule has 1 aliphatic heterocycles. The smallest absolute Gasteiger partial charge is 0.227 e. The van der Waals surface area contributed by atoms with Crippen molar-refractivity contribution in [3.8, 4) is 0 Å². The summed E-state index contributed by atoms with van der Waals surface area (Å²) in [6, 6.07) is 5.77. The van der Waals surface area contributed by atoms with Crippen LogP contribution in [-0.2, 0) is 4.79 Å². The molecule has 7 heteroatoms. The van der Waals surface area contributed by atoms with Crippen molar-refractivity contribution in [3.05, 3.63) is 47.6 Å². The molecule has 2 aromatic rings. The normalized spacial score (nSPS) is 15.5. The van der Waals surface area contributed by atoms with Crippen LogP contribution in [0, 0.1) is 11.7 Å². The Balaban J connectivity index is 1.57. The lowest BCUT2D eigenvalue weighted by molar-refractivity contribution is -0.120. The topological polar surface area (TPSA) is 58.1 Å². The van der Waals surface area contributed by atoms with Crippen molar-refractivity contribution in [2.75, 3.05) is 23.3 Å². The van der Waals surface area contributed by atoms with Crippen LogP contribution in [0.15, 0.2) is 36.8 Å². The van der Waals surface area contributed by atoms with Crippen molar-refractivity contribution in [2.24, 2.45) is 5.92 Å². The largest absolute Gasteiger partial charge is 0.355 e. The monoisotopic (exact) mass is 334 g/mol. The first-order valence-electron chi connectivity index (χ1n) is 7.40. The first kappa shape index (κ1) is 15.7. The van der Waals surface area contributed by atoms with Crippen LogP contribution < -0.4 is 10.2 Å². The number of halogens is 2. The van der Waals surface area contributed by atoms with Crippen LogP contribution in [0.4, 0.5) is 15.9 Å². The molecule has 3 rings (SSSR count). The van der Waals surface area contributed by atoms with E-state index in [0.29, 0.717) is 42.5 Å². The SMILES string of the molecule is O=C(Nc1ccc(F)cc1)C1CCN(c2ncncc2Cl)CC1. The Morgan fingerprint density at radius 3 is 2.61 bits per heavy atom. The van der Waals surface area contributed by atoms with Gasteiger partial charge in [-0.1, -0.05) is 11.6 Å². The molecule has 1 saturated heterocycles. The van der Waals surface area contributed by atoms with E-state index < -0.39 is 0 Å². The van der Waals surface area contributed by atoms with Crippen LogP contribution in [-0.4, -0.2) is 29.0 Å². The number of hydrogen-bond acceptors (Lipinski definition) is 4. The summed E-state index contributed by atoms with van der Waals surface area (Å²) in [7, 11) is 0. The molecule has 1 aromatic heterocycles. The molecule has 23 heavy (non-hydrogen) atoms. The van der Waals surface area contributed by atoms with Gasteiger partial charge in [-0.3, -0.25) is 4.79 Å². The van der Waals surface area contributed by atoms with Crippen LogP contribution in [0.5, 0.6) is 0 Å². The molecule has 0 bridgehead atoms. The van der Waals surface area contributed by atoms with Crippen LogP contribution in [0.3, 0.4) is 0 Å². The number of carbonyl (C=O) groups excluding carboxylic acids is 1. The molecular formula is C16H16ClFN4O. The van der Waals surface area contributed by atoms with E-state index in [0.717, 1.165) is 0 Å². The second-order valence-electron chi connectivity index (χ2n) is 5.45. The van der Waals surface area contributed by atoms with Crippen molar-refractivity contribution in [1.82, 2.24) is 9.97 Å². The zero-order valence-electron chi connectivity index (χ0n) is 12.4. The van der Waals surface area contributed by atoms with Crippen molar-refractivity contribution in [2.45, 2.75) is 12.8 Å². The molecule has 5 nitrogen and oxygen atoms in total. The van der Waals surface area contributed by atoms with Gasteiger partial charge in [0.25, 0.3) is 0 Å². The van der Waals surface area contributed by atoms with Gasteiger partial charge in [0.2, 0.25) is 5.91 Å². The second-order valence-corrected chi connectivity index (χ2v) is 5.86. The fraction of sp³-hybridized carbons (Fsp3) is 0.312. The molecule has 0 radical (unpaired) electrons. The molecule has 0 spiro atoms. The Bertz CT molecular complexity index is 687. The van der Waals surface area contributed by atoms with Gasteiger partial charge in [0, 0.05) is 24.7 Å².